The zero-order valence-electron chi connectivity index (χ0n) is 18.6. The van der Waals surface area contributed by atoms with E-state index >= 15 is 0 Å². The molecule has 7 nitrogen and oxygen atoms in total. The lowest BCUT2D eigenvalue weighted by Gasteiger charge is -2.20. The molecule has 0 aliphatic heterocycles. The van der Waals surface area contributed by atoms with Crippen LogP contribution in [0.3, 0.4) is 0 Å². The third-order valence-electron chi connectivity index (χ3n) is 5.40. The number of sulfonamides is 1. The Morgan fingerprint density at radius 2 is 1.76 bits per heavy atom. The average Bonchev–Trinajstić information content (AvgIpc) is 3.14. The molecule has 0 saturated carbocycles. The molecule has 0 amide bonds. The summed E-state index contributed by atoms with van der Waals surface area (Å²) in [5, 5.41) is 3.23. The van der Waals surface area contributed by atoms with E-state index in [0.29, 0.717) is 24.2 Å². The van der Waals surface area contributed by atoms with Gasteiger partial charge < -0.3 is 0 Å². The molecule has 0 aliphatic rings. The van der Waals surface area contributed by atoms with Crippen LogP contribution in [0.15, 0.2) is 52.2 Å². The van der Waals surface area contributed by atoms with Crippen molar-refractivity contribution in [3.05, 3.63) is 79.7 Å². The highest BCUT2D eigenvalue weighted by molar-refractivity contribution is 7.89. The summed E-state index contributed by atoms with van der Waals surface area (Å²) in [7, 11) is -4.12. The fraction of sp³-hybridized carbons (Fsp3) is 0.304. The van der Waals surface area contributed by atoms with Crippen LogP contribution in [0.4, 0.5) is 0 Å². The molecular weight excluding hydrogens is 485 g/mol. The van der Waals surface area contributed by atoms with Gasteiger partial charge in [-0.2, -0.15) is 4.31 Å². The first-order valence-electron chi connectivity index (χ1n) is 10.6. The van der Waals surface area contributed by atoms with E-state index in [1.54, 1.807) is 13.0 Å². The van der Waals surface area contributed by atoms with Crippen molar-refractivity contribution in [2.75, 3.05) is 13.1 Å². The van der Waals surface area contributed by atoms with Crippen molar-refractivity contribution in [2.24, 2.45) is 0 Å². The number of rotatable bonds is 9. The lowest BCUT2D eigenvalue weighted by atomic mass is 10.1. The molecule has 3 rings (SSSR count). The second kappa shape index (κ2) is 10.3. The zero-order chi connectivity index (χ0) is 24.3. The fourth-order valence-corrected chi connectivity index (χ4v) is 5.79. The van der Waals surface area contributed by atoms with Gasteiger partial charge in [0.1, 0.15) is 10.5 Å². The van der Waals surface area contributed by atoms with Gasteiger partial charge in [-0.15, -0.1) is 0 Å². The predicted molar refractivity (Wildman–Crippen MR) is 130 cm³/mol. The molecule has 1 aromatic heterocycles. The first kappa shape index (κ1) is 25.2. The van der Waals surface area contributed by atoms with Crippen molar-refractivity contribution >= 4 is 39.0 Å². The van der Waals surface area contributed by atoms with E-state index in [0.717, 1.165) is 9.87 Å². The van der Waals surface area contributed by atoms with Crippen molar-refractivity contribution in [3.8, 4) is 5.69 Å². The quantitative estimate of drug-likeness (QED) is 0.430. The van der Waals surface area contributed by atoms with Gasteiger partial charge in [0.05, 0.1) is 17.3 Å². The molecule has 2 aromatic carbocycles. The standard InChI is InChI=1S/C23H25Cl2N3O4S/c1-4-15-9-7-8-10-19(15)28-23(30)22(18(5-2)26-28)20(29)14-27(6-3)33(31,32)21-13-16(24)11-12-17(21)25/h7-13,26H,4-6,14H2,1-3H3. The van der Waals surface area contributed by atoms with Crippen molar-refractivity contribution < 1.29 is 13.2 Å². The van der Waals surface area contributed by atoms with Gasteiger partial charge in [-0.25, -0.2) is 13.1 Å². The van der Waals surface area contributed by atoms with Gasteiger partial charge in [-0.05, 0) is 42.7 Å². The van der Waals surface area contributed by atoms with Crippen LogP contribution in [0.5, 0.6) is 0 Å². The molecule has 0 radical (unpaired) electrons. The van der Waals surface area contributed by atoms with Crippen LogP contribution in [0.1, 0.15) is 42.4 Å². The number of carbonyl (C=O) groups is 1. The van der Waals surface area contributed by atoms with Gasteiger partial charge in [0.25, 0.3) is 5.56 Å². The summed E-state index contributed by atoms with van der Waals surface area (Å²) in [5.74, 6) is -0.593. The average molecular weight is 510 g/mol. The number of ketones is 1. The summed E-state index contributed by atoms with van der Waals surface area (Å²) < 4.78 is 28.7. The number of benzene rings is 2. The highest BCUT2D eigenvalue weighted by Crippen LogP contribution is 2.28. The van der Waals surface area contributed by atoms with Crippen LogP contribution in [0, 0.1) is 0 Å². The SMILES string of the molecule is CCc1ccccc1-n1[nH]c(CC)c(C(=O)CN(CC)S(=O)(=O)c2cc(Cl)ccc2Cl)c1=O. The Labute approximate surface area is 203 Å². The number of aromatic nitrogens is 2. The van der Waals surface area contributed by atoms with Gasteiger partial charge in [-0.1, -0.05) is 62.2 Å². The Balaban J connectivity index is 2.02. The Hall–Kier alpha value is -2.39. The number of Topliss-reactive ketones (excluding diaryl/α,β-unsaturated/α-hetero) is 1. The second-order valence-electron chi connectivity index (χ2n) is 7.37. The molecule has 0 spiro atoms. The number of aromatic amines is 1. The van der Waals surface area contributed by atoms with E-state index in [4.69, 9.17) is 23.2 Å². The number of hydrogen-bond acceptors (Lipinski definition) is 4. The lowest BCUT2D eigenvalue weighted by molar-refractivity contribution is 0.0965. The third-order valence-corrected chi connectivity index (χ3v) is 8.03. The first-order chi connectivity index (χ1) is 15.6. The van der Waals surface area contributed by atoms with E-state index in [-0.39, 0.29) is 27.0 Å². The molecule has 10 heteroatoms. The van der Waals surface area contributed by atoms with Crippen LogP contribution in [0.2, 0.25) is 10.0 Å². The summed E-state index contributed by atoms with van der Waals surface area (Å²) in [4.78, 5) is 26.3. The maximum Gasteiger partial charge on any atom is 0.282 e. The van der Waals surface area contributed by atoms with Gasteiger partial charge in [0, 0.05) is 17.3 Å². The smallest absolute Gasteiger partial charge is 0.282 e. The number of hydrogen-bond donors (Lipinski definition) is 1. The fourth-order valence-electron chi connectivity index (χ4n) is 3.64. The minimum Gasteiger partial charge on any atom is -0.294 e. The summed E-state index contributed by atoms with van der Waals surface area (Å²) in [6, 6.07) is 11.5. The zero-order valence-corrected chi connectivity index (χ0v) is 20.9. The topological polar surface area (TPSA) is 92.2 Å². The minimum atomic E-state index is -4.12. The molecule has 0 unspecified atom stereocenters. The number of nitrogens with one attached hydrogen (secondary N) is 1. The largest absolute Gasteiger partial charge is 0.294 e. The highest BCUT2D eigenvalue weighted by atomic mass is 35.5. The molecule has 0 fully saturated rings. The first-order valence-corrected chi connectivity index (χ1v) is 12.8. The minimum absolute atomic E-state index is 0.000260. The van der Waals surface area contributed by atoms with Crippen molar-refractivity contribution in [1.82, 2.24) is 14.1 Å². The predicted octanol–water partition coefficient (Wildman–Crippen LogP) is 4.49. The van der Waals surface area contributed by atoms with Crippen LogP contribution in [0.25, 0.3) is 5.69 Å². The molecular formula is C23H25Cl2N3O4S. The Morgan fingerprint density at radius 3 is 2.39 bits per heavy atom. The molecule has 0 atom stereocenters. The molecule has 0 bridgehead atoms. The number of halogens is 2. The molecule has 33 heavy (non-hydrogen) atoms. The monoisotopic (exact) mass is 509 g/mol. The second-order valence-corrected chi connectivity index (χ2v) is 10.1. The van der Waals surface area contributed by atoms with Gasteiger partial charge in [-0.3, -0.25) is 14.7 Å². The number of para-hydroxylation sites is 1. The Kier molecular flexibility index (Phi) is 7.84. The molecule has 0 saturated heterocycles. The number of H-pyrrole nitrogens is 1. The maximum absolute atomic E-state index is 13.3. The van der Waals surface area contributed by atoms with Crippen LogP contribution in [-0.4, -0.2) is 41.4 Å². The van der Waals surface area contributed by atoms with Crippen molar-refractivity contribution in [1.29, 1.82) is 0 Å². The number of carbonyl (C=O) groups excluding carboxylic acids is 1. The molecule has 1 N–H and O–H groups in total. The normalized spacial score (nSPS) is 11.8. The van der Waals surface area contributed by atoms with E-state index < -0.39 is 27.9 Å². The Morgan fingerprint density at radius 1 is 1.06 bits per heavy atom. The van der Waals surface area contributed by atoms with E-state index in [9.17, 15) is 18.0 Å². The van der Waals surface area contributed by atoms with Crippen molar-refractivity contribution in [3.63, 3.8) is 0 Å². The molecule has 1 heterocycles. The Bertz CT molecular complexity index is 1350. The summed E-state index contributed by atoms with van der Waals surface area (Å²) >= 11 is 12.1. The summed E-state index contributed by atoms with van der Waals surface area (Å²) in [5.41, 5.74) is 1.49. The molecule has 3 aromatic rings. The number of nitrogens with zero attached hydrogens (tertiary/aromatic N) is 2. The van der Waals surface area contributed by atoms with Crippen LogP contribution >= 0.6 is 23.2 Å². The third kappa shape index (κ3) is 4.94. The summed E-state index contributed by atoms with van der Waals surface area (Å²) in [6.07, 6.45) is 1.10. The lowest BCUT2D eigenvalue weighted by Crippen LogP contribution is -2.37. The van der Waals surface area contributed by atoms with E-state index in [2.05, 4.69) is 5.10 Å². The van der Waals surface area contributed by atoms with Gasteiger partial charge >= 0.3 is 0 Å². The summed E-state index contributed by atoms with van der Waals surface area (Å²) in [6.45, 7) is 4.91. The highest BCUT2D eigenvalue weighted by Gasteiger charge is 2.30. The van der Waals surface area contributed by atoms with Gasteiger partial charge in [0.15, 0.2) is 5.78 Å². The van der Waals surface area contributed by atoms with Gasteiger partial charge in [0.2, 0.25) is 10.0 Å². The maximum atomic E-state index is 13.3. The van der Waals surface area contributed by atoms with E-state index in [1.807, 2.05) is 32.0 Å². The van der Waals surface area contributed by atoms with E-state index in [1.165, 1.54) is 22.9 Å². The molecule has 176 valence electrons. The molecule has 0 aliphatic carbocycles. The van der Waals surface area contributed by atoms with Crippen LogP contribution in [-0.2, 0) is 22.9 Å². The number of aryl methyl sites for hydroxylation is 2. The van der Waals surface area contributed by atoms with Crippen LogP contribution < -0.4 is 5.56 Å². The van der Waals surface area contributed by atoms with Crippen molar-refractivity contribution in [2.45, 2.75) is 38.5 Å². The number of likely N-dealkylation sites (N-methyl/N-ethyl adjacent to an activating group) is 1.